The van der Waals surface area contributed by atoms with Gasteiger partial charge in [-0.3, -0.25) is 9.79 Å². The lowest BCUT2D eigenvalue weighted by Gasteiger charge is -2.15. The van der Waals surface area contributed by atoms with Gasteiger partial charge in [-0.25, -0.2) is 4.39 Å². The Morgan fingerprint density at radius 2 is 1.86 bits per heavy atom. The average molecular weight is 500 g/mol. The summed E-state index contributed by atoms with van der Waals surface area (Å²) in [6, 6.07) is 11.6. The first-order valence-electron chi connectivity index (χ1n) is 8.74. The van der Waals surface area contributed by atoms with Crippen LogP contribution in [0.15, 0.2) is 47.5 Å². The predicted octanol–water partition coefficient (Wildman–Crippen LogP) is 3.45. The zero-order chi connectivity index (χ0) is 19.6. The summed E-state index contributed by atoms with van der Waals surface area (Å²) >= 11 is 0. The Bertz CT molecular complexity index is 797. The van der Waals surface area contributed by atoms with Gasteiger partial charge in [0, 0.05) is 24.8 Å². The van der Waals surface area contributed by atoms with Crippen molar-refractivity contribution in [3.05, 3.63) is 59.4 Å². The number of ether oxygens (including phenoxy) is 1. The molecule has 0 fully saturated rings. The molecule has 2 rings (SSSR count). The number of amides is 1. The number of carbonyl (C=O) groups excluding carboxylic acids is 1. The molecule has 0 unspecified atom stereocenters. The summed E-state index contributed by atoms with van der Waals surface area (Å²) in [6.45, 7) is 5.09. The Morgan fingerprint density at radius 3 is 2.50 bits per heavy atom. The van der Waals surface area contributed by atoms with Crippen molar-refractivity contribution in [3.63, 3.8) is 0 Å². The fourth-order valence-electron chi connectivity index (χ4n) is 2.40. The summed E-state index contributed by atoms with van der Waals surface area (Å²) < 4.78 is 18.6. The first-order valence-corrected chi connectivity index (χ1v) is 8.74. The number of guanidine groups is 1. The highest BCUT2D eigenvalue weighted by atomic mass is 127. The van der Waals surface area contributed by atoms with Crippen LogP contribution in [0.2, 0.25) is 0 Å². The van der Waals surface area contributed by atoms with Crippen LogP contribution in [0.1, 0.15) is 18.1 Å². The minimum absolute atomic E-state index is 0. The molecule has 0 aliphatic carbocycles. The van der Waals surface area contributed by atoms with Gasteiger partial charge < -0.3 is 20.7 Å². The van der Waals surface area contributed by atoms with Crippen molar-refractivity contribution in [1.82, 2.24) is 10.6 Å². The zero-order valence-electron chi connectivity index (χ0n) is 16.2. The smallest absolute Gasteiger partial charge is 0.243 e. The van der Waals surface area contributed by atoms with Crippen LogP contribution in [0.4, 0.5) is 10.1 Å². The van der Waals surface area contributed by atoms with Gasteiger partial charge in [-0.1, -0.05) is 12.1 Å². The monoisotopic (exact) mass is 500 g/mol. The van der Waals surface area contributed by atoms with E-state index in [-0.39, 0.29) is 42.2 Å². The van der Waals surface area contributed by atoms with Crippen LogP contribution in [-0.4, -0.2) is 32.1 Å². The third-order valence-electron chi connectivity index (χ3n) is 3.74. The SMILES string of the molecule is CCOc1cc(C)ccc1CNC(=NC)NCC(=O)Nc1ccc(F)cc1.I. The molecule has 0 saturated carbocycles. The summed E-state index contributed by atoms with van der Waals surface area (Å²) in [4.78, 5) is 16.1. The van der Waals surface area contributed by atoms with Gasteiger partial charge in [0.15, 0.2) is 5.96 Å². The second kappa shape index (κ2) is 12.2. The lowest BCUT2D eigenvalue weighted by molar-refractivity contribution is -0.115. The van der Waals surface area contributed by atoms with E-state index in [0.717, 1.165) is 16.9 Å². The van der Waals surface area contributed by atoms with Crippen LogP contribution in [-0.2, 0) is 11.3 Å². The Labute approximate surface area is 182 Å². The first kappa shape index (κ1) is 23.7. The lowest BCUT2D eigenvalue weighted by Crippen LogP contribution is -2.41. The molecule has 6 nitrogen and oxygen atoms in total. The summed E-state index contributed by atoms with van der Waals surface area (Å²) in [5, 5.41) is 8.79. The molecule has 0 saturated heterocycles. The molecule has 3 N–H and O–H groups in total. The number of nitrogens with one attached hydrogen (secondary N) is 3. The van der Waals surface area contributed by atoms with E-state index in [9.17, 15) is 9.18 Å². The Kier molecular flexibility index (Phi) is 10.3. The van der Waals surface area contributed by atoms with Gasteiger partial charge in [0.2, 0.25) is 5.91 Å². The van der Waals surface area contributed by atoms with Crippen LogP contribution in [0.3, 0.4) is 0 Å². The number of aliphatic imine (C=N–C) groups is 1. The zero-order valence-corrected chi connectivity index (χ0v) is 18.5. The average Bonchev–Trinajstić information content (AvgIpc) is 2.65. The second-order valence-electron chi connectivity index (χ2n) is 5.88. The largest absolute Gasteiger partial charge is 0.494 e. The molecule has 0 radical (unpaired) electrons. The number of aryl methyl sites for hydroxylation is 1. The number of halogens is 2. The van der Waals surface area contributed by atoms with E-state index in [1.807, 2.05) is 32.0 Å². The van der Waals surface area contributed by atoms with Crippen LogP contribution < -0.4 is 20.7 Å². The number of hydrogen-bond donors (Lipinski definition) is 3. The van der Waals surface area contributed by atoms with Gasteiger partial charge in [0.25, 0.3) is 0 Å². The van der Waals surface area contributed by atoms with E-state index in [4.69, 9.17) is 4.74 Å². The van der Waals surface area contributed by atoms with Crippen LogP contribution in [0, 0.1) is 12.7 Å². The highest BCUT2D eigenvalue weighted by Gasteiger charge is 2.07. The maximum absolute atomic E-state index is 12.9. The van der Waals surface area contributed by atoms with Crippen LogP contribution in [0.25, 0.3) is 0 Å². The van der Waals surface area contributed by atoms with E-state index in [1.165, 1.54) is 24.3 Å². The lowest BCUT2D eigenvalue weighted by atomic mass is 10.1. The molecule has 0 bridgehead atoms. The fraction of sp³-hybridized carbons (Fsp3) is 0.300. The van der Waals surface area contributed by atoms with Gasteiger partial charge in [-0.15, -0.1) is 24.0 Å². The Hall–Kier alpha value is -2.36. The fourth-order valence-corrected chi connectivity index (χ4v) is 2.40. The van der Waals surface area contributed by atoms with Gasteiger partial charge >= 0.3 is 0 Å². The highest BCUT2D eigenvalue weighted by Crippen LogP contribution is 2.20. The number of hydrogen-bond acceptors (Lipinski definition) is 3. The molecular weight excluding hydrogens is 474 g/mol. The van der Waals surface area contributed by atoms with E-state index < -0.39 is 0 Å². The summed E-state index contributed by atoms with van der Waals surface area (Å²) in [6.07, 6.45) is 0. The summed E-state index contributed by atoms with van der Waals surface area (Å²) in [5.41, 5.74) is 2.66. The van der Waals surface area contributed by atoms with Gasteiger partial charge in [-0.05, 0) is 49.7 Å². The first-order chi connectivity index (χ1) is 13.0. The number of nitrogens with zero attached hydrogens (tertiary/aromatic N) is 1. The van der Waals surface area contributed by atoms with Crippen molar-refractivity contribution < 1.29 is 13.9 Å². The van der Waals surface area contributed by atoms with Crippen LogP contribution >= 0.6 is 24.0 Å². The molecule has 0 aliphatic rings. The van der Waals surface area contributed by atoms with Crippen molar-refractivity contribution in [2.24, 2.45) is 4.99 Å². The maximum Gasteiger partial charge on any atom is 0.243 e. The molecule has 0 aromatic heterocycles. The minimum atomic E-state index is -0.349. The molecule has 0 heterocycles. The topological polar surface area (TPSA) is 74.8 Å². The van der Waals surface area contributed by atoms with Gasteiger partial charge in [-0.2, -0.15) is 0 Å². The number of anilines is 1. The van der Waals surface area contributed by atoms with Crippen molar-refractivity contribution in [2.45, 2.75) is 20.4 Å². The predicted molar refractivity (Wildman–Crippen MR) is 121 cm³/mol. The number of carbonyl (C=O) groups is 1. The molecule has 2 aromatic rings. The molecule has 2 aromatic carbocycles. The van der Waals surface area contributed by atoms with E-state index in [2.05, 4.69) is 20.9 Å². The van der Waals surface area contributed by atoms with E-state index in [1.54, 1.807) is 7.05 Å². The summed E-state index contributed by atoms with van der Waals surface area (Å²) in [5.74, 6) is 0.718. The third-order valence-corrected chi connectivity index (χ3v) is 3.74. The summed E-state index contributed by atoms with van der Waals surface area (Å²) in [7, 11) is 1.63. The number of benzene rings is 2. The Morgan fingerprint density at radius 1 is 1.14 bits per heavy atom. The molecule has 0 atom stereocenters. The molecule has 0 spiro atoms. The molecule has 8 heteroatoms. The quantitative estimate of drug-likeness (QED) is 0.310. The van der Waals surface area contributed by atoms with Crippen molar-refractivity contribution >= 4 is 41.5 Å². The molecule has 0 aliphatic heterocycles. The normalized spacial score (nSPS) is 10.6. The van der Waals surface area contributed by atoms with Crippen molar-refractivity contribution in [1.29, 1.82) is 0 Å². The number of rotatable bonds is 7. The molecule has 28 heavy (non-hydrogen) atoms. The van der Waals surface area contributed by atoms with Crippen LogP contribution in [0.5, 0.6) is 5.75 Å². The van der Waals surface area contributed by atoms with Crippen molar-refractivity contribution in [3.8, 4) is 5.75 Å². The third kappa shape index (κ3) is 7.71. The van der Waals surface area contributed by atoms with E-state index >= 15 is 0 Å². The molecule has 152 valence electrons. The second-order valence-corrected chi connectivity index (χ2v) is 5.88. The Balaban J connectivity index is 0.00000392. The molecular formula is C20H26FIN4O2. The van der Waals surface area contributed by atoms with E-state index in [0.29, 0.717) is 24.8 Å². The van der Waals surface area contributed by atoms with Gasteiger partial charge in [0.1, 0.15) is 11.6 Å². The molecule has 1 amide bonds. The van der Waals surface area contributed by atoms with Gasteiger partial charge in [0.05, 0.1) is 13.2 Å². The standard InChI is InChI=1S/C20H25FN4O2.HI/c1-4-27-18-11-14(2)5-6-15(18)12-23-20(22-3)24-13-19(26)25-17-9-7-16(21)8-10-17;/h5-11H,4,12-13H2,1-3H3,(H,25,26)(H2,22,23,24);1H. The van der Waals surface area contributed by atoms with Crippen molar-refractivity contribution in [2.75, 3.05) is 25.5 Å². The minimum Gasteiger partial charge on any atom is -0.494 e. The maximum atomic E-state index is 12.9. The highest BCUT2D eigenvalue weighted by molar-refractivity contribution is 14.0.